The molecule has 1 rings (SSSR count). The van der Waals surface area contributed by atoms with Gasteiger partial charge in [0.2, 0.25) is 0 Å². The molecule has 4 nitrogen and oxygen atoms in total. The highest BCUT2D eigenvalue weighted by Gasteiger charge is 2.24. The normalized spacial score (nSPS) is 11.7. The molecule has 0 aliphatic rings. The number of unbranched alkanes of at least 4 members (excludes halogenated alkanes) is 2. The molecule has 0 amide bonds. The van der Waals surface area contributed by atoms with Crippen LogP contribution < -0.4 is 0 Å². The van der Waals surface area contributed by atoms with Gasteiger partial charge in [0.15, 0.2) is 5.03 Å². The second-order valence-electron chi connectivity index (χ2n) is 4.36. The van der Waals surface area contributed by atoms with Crippen LogP contribution in [-0.4, -0.2) is 30.8 Å². The second kappa shape index (κ2) is 8.07. The lowest BCUT2D eigenvalue weighted by Crippen LogP contribution is -2.33. The first-order chi connectivity index (χ1) is 9.12. The Labute approximate surface area is 116 Å². The van der Waals surface area contributed by atoms with E-state index in [4.69, 9.17) is 0 Å². The first-order valence-electron chi connectivity index (χ1n) is 6.65. The minimum absolute atomic E-state index is 0.129. The van der Waals surface area contributed by atoms with E-state index in [1.54, 1.807) is 18.2 Å². The van der Waals surface area contributed by atoms with E-state index in [2.05, 4.69) is 18.5 Å². The Morgan fingerprint density at radius 1 is 1.32 bits per heavy atom. The summed E-state index contributed by atoms with van der Waals surface area (Å²) in [4.78, 5) is 3.96. The van der Waals surface area contributed by atoms with E-state index in [-0.39, 0.29) is 5.03 Å². The molecule has 0 fully saturated rings. The summed E-state index contributed by atoms with van der Waals surface area (Å²) in [5.74, 6) is 0. The van der Waals surface area contributed by atoms with Gasteiger partial charge in [-0.15, -0.1) is 6.58 Å². The Bertz CT molecular complexity index is 471. The van der Waals surface area contributed by atoms with Crippen molar-refractivity contribution in [1.82, 2.24) is 9.29 Å². The quantitative estimate of drug-likeness (QED) is 0.517. The van der Waals surface area contributed by atoms with Crippen molar-refractivity contribution in [1.29, 1.82) is 0 Å². The summed E-state index contributed by atoms with van der Waals surface area (Å²) in [6.07, 6.45) is 6.76. The third-order valence-electron chi connectivity index (χ3n) is 2.82. The van der Waals surface area contributed by atoms with Gasteiger partial charge in [0.25, 0.3) is 10.0 Å². The summed E-state index contributed by atoms with van der Waals surface area (Å²) in [5.41, 5.74) is 0. The SMILES string of the molecule is C=CCCCN(CCCC)S(=O)(=O)c1ccccn1. The summed E-state index contributed by atoms with van der Waals surface area (Å²) < 4.78 is 26.5. The summed E-state index contributed by atoms with van der Waals surface area (Å²) in [6.45, 7) is 6.78. The van der Waals surface area contributed by atoms with Crippen molar-refractivity contribution in [2.24, 2.45) is 0 Å². The topological polar surface area (TPSA) is 50.3 Å². The van der Waals surface area contributed by atoms with Crippen molar-refractivity contribution < 1.29 is 8.42 Å². The predicted molar refractivity (Wildman–Crippen MR) is 77.3 cm³/mol. The third kappa shape index (κ3) is 4.76. The maximum Gasteiger partial charge on any atom is 0.260 e. The molecular weight excluding hydrogens is 260 g/mol. The lowest BCUT2D eigenvalue weighted by Gasteiger charge is -2.21. The highest BCUT2D eigenvalue weighted by molar-refractivity contribution is 7.89. The Balaban J connectivity index is 2.85. The van der Waals surface area contributed by atoms with E-state index in [0.717, 1.165) is 25.7 Å². The average Bonchev–Trinajstić information content (AvgIpc) is 2.43. The Hall–Kier alpha value is -1.20. The van der Waals surface area contributed by atoms with Crippen molar-refractivity contribution in [2.45, 2.75) is 37.6 Å². The fourth-order valence-corrected chi connectivity index (χ4v) is 3.18. The minimum atomic E-state index is -3.47. The number of sulfonamides is 1. The van der Waals surface area contributed by atoms with Crippen LogP contribution in [-0.2, 0) is 10.0 Å². The third-order valence-corrected chi connectivity index (χ3v) is 4.63. The van der Waals surface area contributed by atoms with Gasteiger partial charge in [-0.05, 0) is 31.4 Å². The highest BCUT2D eigenvalue weighted by atomic mass is 32.2. The molecule has 0 atom stereocenters. The van der Waals surface area contributed by atoms with Gasteiger partial charge in [0.1, 0.15) is 0 Å². The molecule has 0 N–H and O–H groups in total. The van der Waals surface area contributed by atoms with Crippen LogP contribution in [0, 0.1) is 0 Å². The molecule has 0 aliphatic carbocycles. The zero-order chi connectivity index (χ0) is 14.1. The number of allylic oxidation sites excluding steroid dienone is 1. The number of hydrogen-bond acceptors (Lipinski definition) is 3. The van der Waals surface area contributed by atoms with Gasteiger partial charge in [-0.1, -0.05) is 25.5 Å². The molecule has 1 aromatic rings. The number of rotatable bonds is 9. The fraction of sp³-hybridized carbons (Fsp3) is 0.500. The smallest absolute Gasteiger partial charge is 0.243 e. The maximum atomic E-state index is 12.5. The highest BCUT2D eigenvalue weighted by Crippen LogP contribution is 2.14. The van der Waals surface area contributed by atoms with Crippen LogP contribution in [0.1, 0.15) is 32.6 Å². The first kappa shape index (κ1) is 15.9. The van der Waals surface area contributed by atoms with Crippen molar-refractivity contribution in [3.63, 3.8) is 0 Å². The largest absolute Gasteiger partial charge is 0.260 e. The molecule has 0 saturated carbocycles. The monoisotopic (exact) mass is 282 g/mol. The summed E-state index contributed by atoms with van der Waals surface area (Å²) in [7, 11) is -3.47. The Kier molecular flexibility index (Phi) is 6.73. The fourth-order valence-electron chi connectivity index (χ4n) is 1.73. The molecule has 0 radical (unpaired) electrons. The molecule has 106 valence electrons. The van der Waals surface area contributed by atoms with Crippen LogP contribution in [0.15, 0.2) is 42.1 Å². The lowest BCUT2D eigenvalue weighted by atomic mass is 10.3. The summed E-state index contributed by atoms with van der Waals surface area (Å²) in [5, 5.41) is 0.129. The zero-order valence-electron chi connectivity index (χ0n) is 11.5. The molecule has 19 heavy (non-hydrogen) atoms. The maximum absolute atomic E-state index is 12.5. The molecular formula is C14H22N2O2S. The van der Waals surface area contributed by atoms with E-state index in [1.807, 2.05) is 6.08 Å². The van der Waals surface area contributed by atoms with E-state index < -0.39 is 10.0 Å². The molecule has 5 heteroatoms. The molecule has 0 bridgehead atoms. The second-order valence-corrected chi connectivity index (χ2v) is 6.24. The molecule has 0 aliphatic heterocycles. The number of nitrogens with zero attached hydrogens (tertiary/aromatic N) is 2. The van der Waals surface area contributed by atoms with E-state index >= 15 is 0 Å². The van der Waals surface area contributed by atoms with Gasteiger partial charge in [-0.25, -0.2) is 13.4 Å². The minimum Gasteiger partial charge on any atom is -0.243 e. The number of pyridine rings is 1. The summed E-state index contributed by atoms with van der Waals surface area (Å²) >= 11 is 0. The number of aromatic nitrogens is 1. The zero-order valence-corrected chi connectivity index (χ0v) is 12.3. The van der Waals surface area contributed by atoms with Gasteiger partial charge >= 0.3 is 0 Å². The van der Waals surface area contributed by atoms with Crippen molar-refractivity contribution >= 4 is 10.0 Å². The average molecular weight is 282 g/mol. The predicted octanol–water partition coefficient (Wildman–Crippen LogP) is 2.84. The van der Waals surface area contributed by atoms with Gasteiger partial charge in [-0.3, -0.25) is 0 Å². The molecule has 0 unspecified atom stereocenters. The van der Waals surface area contributed by atoms with Crippen LogP contribution >= 0.6 is 0 Å². The molecule has 1 heterocycles. The number of hydrogen-bond donors (Lipinski definition) is 0. The van der Waals surface area contributed by atoms with Crippen LogP contribution in [0.25, 0.3) is 0 Å². The summed E-state index contributed by atoms with van der Waals surface area (Å²) in [6, 6.07) is 4.95. The Morgan fingerprint density at radius 3 is 2.63 bits per heavy atom. The van der Waals surface area contributed by atoms with Crippen LogP contribution in [0.2, 0.25) is 0 Å². The van der Waals surface area contributed by atoms with Crippen LogP contribution in [0.5, 0.6) is 0 Å². The molecule has 0 spiro atoms. The van der Waals surface area contributed by atoms with Crippen molar-refractivity contribution in [3.05, 3.63) is 37.1 Å². The Morgan fingerprint density at radius 2 is 2.05 bits per heavy atom. The lowest BCUT2D eigenvalue weighted by molar-refractivity contribution is 0.396. The van der Waals surface area contributed by atoms with Gasteiger partial charge in [-0.2, -0.15) is 4.31 Å². The van der Waals surface area contributed by atoms with Crippen LogP contribution in [0.3, 0.4) is 0 Å². The van der Waals surface area contributed by atoms with E-state index in [1.165, 1.54) is 10.5 Å². The molecule has 0 saturated heterocycles. The van der Waals surface area contributed by atoms with Gasteiger partial charge < -0.3 is 0 Å². The molecule has 0 aromatic carbocycles. The van der Waals surface area contributed by atoms with Gasteiger partial charge in [0, 0.05) is 19.3 Å². The first-order valence-corrected chi connectivity index (χ1v) is 8.09. The standard InChI is InChI=1S/C14H22N2O2S/c1-3-5-9-13-16(12-6-4-2)19(17,18)14-10-7-8-11-15-14/h3,7-8,10-11H,1,4-6,9,12-13H2,2H3. The van der Waals surface area contributed by atoms with E-state index in [0.29, 0.717) is 13.1 Å². The van der Waals surface area contributed by atoms with Gasteiger partial charge in [0.05, 0.1) is 0 Å². The van der Waals surface area contributed by atoms with Crippen molar-refractivity contribution in [3.8, 4) is 0 Å². The molecule has 1 aromatic heterocycles. The van der Waals surface area contributed by atoms with Crippen LogP contribution in [0.4, 0.5) is 0 Å². The van der Waals surface area contributed by atoms with E-state index in [9.17, 15) is 8.42 Å². The van der Waals surface area contributed by atoms with Crippen molar-refractivity contribution in [2.75, 3.05) is 13.1 Å².